The van der Waals surface area contributed by atoms with E-state index in [9.17, 15) is 4.39 Å². The third-order valence-corrected chi connectivity index (χ3v) is 8.53. The topological polar surface area (TPSA) is 43.9 Å². The minimum absolute atomic E-state index is 0.00118. The number of epoxide rings is 1. The Bertz CT molecular complexity index is 1100. The second-order valence-corrected chi connectivity index (χ2v) is 11.8. The number of unbranched alkanes of at least 4 members (excludes halogenated alkanes) is 7. The molecule has 1 fully saturated rings. The number of ether oxygens (including phenoxy) is 3. The zero-order valence-corrected chi connectivity index (χ0v) is 25.0. The number of hydrogen-bond acceptors (Lipinski definition) is 4. The largest absolute Gasteiger partial charge is 0.486 e. The first kappa shape index (κ1) is 31.8. The van der Waals surface area contributed by atoms with Gasteiger partial charge >= 0.3 is 0 Å². The Hall–Kier alpha value is -2.12. The van der Waals surface area contributed by atoms with Crippen molar-refractivity contribution in [2.45, 2.75) is 122 Å². The van der Waals surface area contributed by atoms with Gasteiger partial charge in [0.25, 0.3) is 5.95 Å². The van der Waals surface area contributed by atoms with Gasteiger partial charge in [0.15, 0.2) is 17.4 Å². The quantitative estimate of drug-likeness (QED) is 0.0952. The van der Waals surface area contributed by atoms with Crippen molar-refractivity contribution in [3.63, 3.8) is 0 Å². The van der Waals surface area contributed by atoms with Crippen LogP contribution in [0, 0.1) is 23.5 Å². The number of rotatable bonds is 19. The molecule has 4 rings (SSSR count). The Kier molecular flexibility index (Phi) is 12.8. The average molecular weight is 576 g/mol. The van der Waals surface area contributed by atoms with Crippen LogP contribution in [0.2, 0.25) is 0 Å². The fourth-order valence-electron chi connectivity index (χ4n) is 5.92. The highest BCUT2D eigenvalue weighted by Gasteiger charge is 2.38. The number of aromatic nitrogens is 1. The van der Waals surface area contributed by atoms with E-state index >= 15 is 8.78 Å². The molecule has 3 unspecified atom stereocenters. The Morgan fingerprint density at radius 3 is 2.37 bits per heavy atom. The van der Waals surface area contributed by atoms with E-state index in [1.165, 1.54) is 44.2 Å². The van der Waals surface area contributed by atoms with Gasteiger partial charge in [-0.2, -0.15) is 4.39 Å². The number of aryl methyl sites for hydroxylation is 1. The monoisotopic (exact) mass is 575 g/mol. The lowest BCUT2D eigenvalue weighted by molar-refractivity contribution is 0.125. The summed E-state index contributed by atoms with van der Waals surface area (Å²) >= 11 is 0. The first-order chi connectivity index (χ1) is 20.0. The summed E-state index contributed by atoms with van der Waals surface area (Å²) in [7, 11) is 0. The Morgan fingerprint density at radius 2 is 1.59 bits per heavy atom. The van der Waals surface area contributed by atoms with Crippen LogP contribution in [0.15, 0.2) is 18.2 Å². The van der Waals surface area contributed by atoms with E-state index in [1.54, 1.807) is 6.07 Å². The van der Waals surface area contributed by atoms with Crippen molar-refractivity contribution in [1.82, 2.24) is 4.98 Å². The van der Waals surface area contributed by atoms with Crippen LogP contribution in [-0.4, -0.2) is 37.0 Å². The van der Waals surface area contributed by atoms with Gasteiger partial charge in [0.2, 0.25) is 0 Å². The Morgan fingerprint density at radius 1 is 0.854 bits per heavy atom. The second kappa shape index (κ2) is 16.5. The molecule has 1 aromatic heterocycles. The zero-order valence-electron chi connectivity index (χ0n) is 25.0. The maximum atomic E-state index is 15.2. The molecule has 2 aliphatic rings. The van der Waals surface area contributed by atoms with Crippen LogP contribution in [0.5, 0.6) is 5.75 Å². The molecule has 0 radical (unpaired) electrons. The predicted octanol–water partition coefficient (Wildman–Crippen LogP) is 9.15. The van der Waals surface area contributed by atoms with Crippen LogP contribution in [0.25, 0.3) is 11.3 Å². The molecule has 1 aliphatic carbocycles. The molecule has 2 aromatic rings. The number of pyridine rings is 1. The maximum absolute atomic E-state index is 15.2. The molecule has 0 bridgehead atoms. The predicted molar refractivity (Wildman–Crippen MR) is 157 cm³/mol. The zero-order chi connectivity index (χ0) is 29.0. The minimum atomic E-state index is -0.956. The standard InChI is InChI=1S/C34H48F3NO3/c1-3-5-7-10-14-29-31(41-29)23-40-30-18-17-28(38-34(30)37)27-22-25-16-15-24(21-26(25)32(35)33(27)36)13-9-8-12-20-39-19-11-6-4-2/h17-18,22,24,29,31H,3-16,19-21,23H2,1-2H3. The molecular formula is C34H48F3NO3. The van der Waals surface area contributed by atoms with Crippen LogP contribution >= 0.6 is 0 Å². The molecule has 7 heteroatoms. The highest BCUT2D eigenvalue weighted by Crippen LogP contribution is 2.36. The lowest BCUT2D eigenvalue weighted by atomic mass is 9.80. The average Bonchev–Trinajstić information content (AvgIpc) is 3.74. The van der Waals surface area contributed by atoms with E-state index in [2.05, 4.69) is 18.8 Å². The van der Waals surface area contributed by atoms with Gasteiger partial charge in [0, 0.05) is 18.8 Å². The van der Waals surface area contributed by atoms with Crippen molar-refractivity contribution in [3.8, 4) is 17.0 Å². The van der Waals surface area contributed by atoms with E-state index in [1.807, 2.05) is 0 Å². The molecule has 0 saturated carbocycles. The molecule has 0 spiro atoms. The SMILES string of the molecule is CCCCCCC1OC1COc1ccc(-c2cc3c(c(F)c2F)CC(CCCCCOCCCCC)CC3)nc1F. The first-order valence-electron chi connectivity index (χ1n) is 16.0. The summed E-state index contributed by atoms with van der Waals surface area (Å²) in [5.41, 5.74) is 1.34. The van der Waals surface area contributed by atoms with Crippen molar-refractivity contribution in [2.75, 3.05) is 19.8 Å². The molecule has 4 nitrogen and oxygen atoms in total. The van der Waals surface area contributed by atoms with Crippen LogP contribution in [0.3, 0.4) is 0 Å². The van der Waals surface area contributed by atoms with Crippen molar-refractivity contribution in [3.05, 3.63) is 46.9 Å². The van der Waals surface area contributed by atoms with Gasteiger partial charge in [0.1, 0.15) is 12.7 Å². The fourth-order valence-corrected chi connectivity index (χ4v) is 5.92. The van der Waals surface area contributed by atoms with Crippen molar-refractivity contribution < 1.29 is 27.4 Å². The summed E-state index contributed by atoms with van der Waals surface area (Å²) in [5, 5.41) is 0. The molecule has 1 saturated heterocycles. The molecule has 1 aromatic carbocycles. The van der Waals surface area contributed by atoms with Crippen molar-refractivity contribution >= 4 is 0 Å². The molecule has 41 heavy (non-hydrogen) atoms. The van der Waals surface area contributed by atoms with Crippen LogP contribution in [-0.2, 0) is 22.3 Å². The number of nitrogens with zero attached hydrogens (tertiary/aromatic N) is 1. The summed E-state index contributed by atoms with van der Waals surface area (Å²) in [6, 6.07) is 4.60. The highest BCUT2D eigenvalue weighted by atomic mass is 19.2. The summed E-state index contributed by atoms with van der Waals surface area (Å²) < 4.78 is 62.1. The summed E-state index contributed by atoms with van der Waals surface area (Å²) in [6.45, 7) is 6.27. The second-order valence-electron chi connectivity index (χ2n) is 11.8. The maximum Gasteiger partial charge on any atom is 0.255 e. The van der Waals surface area contributed by atoms with Crippen molar-refractivity contribution in [1.29, 1.82) is 0 Å². The van der Waals surface area contributed by atoms with Crippen LogP contribution in [0.1, 0.15) is 108 Å². The lowest BCUT2D eigenvalue weighted by Gasteiger charge is -2.26. The van der Waals surface area contributed by atoms with E-state index < -0.39 is 17.6 Å². The van der Waals surface area contributed by atoms with E-state index in [-0.39, 0.29) is 35.8 Å². The number of benzene rings is 1. The Labute approximate surface area is 244 Å². The summed E-state index contributed by atoms with van der Waals surface area (Å²) in [4.78, 5) is 3.93. The van der Waals surface area contributed by atoms with Gasteiger partial charge in [0.05, 0.1) is 11.8 Å². The van der Waals surface area contributed by atoms with Gasteiger partial charge < -0.3 is 14.2 Å². The molecule has 228 valence electrons. The number of fused-ring (bicyclic) bond motifs is 1. The summed E-state index contributed by atoms with van der Waals surface area (Å²) in [6.07, 6.45) is 15.8. The highest BCUT2D eigenvalue weighted by molar-refractivity contribution is 5.63. The normalized spacial score (nSPS) is 19.8. The molecule has 0 amide bonds. The van der Waals surface area contributed by atoms with Gasteiger partial charge in [-0.05, 0) is 73.8 Å². The van der Waals surface area contributed by atoms with Crippen LogP contribution in [0.4, 0.5) is 13.2 Å². The van der Waals surface area contributed by atoms with Gasteiger partial charge in [-0.15, -0.1) is 0 Å². The third kappa shape index (κ3) is 9.44. The summed E-state index contributed by atoms with van der Waals surface area (Å²) in [5.74, 6) is -2.25. The van der Waals surface area contributed by atoms with E-state index in [4.69, 9.17) is 14.2 Å². The molecular weight excluding hydrogens is 527 g/mol. The van der Waals surface area contributed by atoms with E-state index in [0.29, 0.717) is 24.3 Å². The van der Waals surface area contributed by atoms with Crippen molar-refractivity contribution in [2.24, 2.45) is 5.92 Å². The Balaban J connectivity index is 1.25. The van der Waals surface area contributed by atoms with Crippen LogP contribution < -0.4 is 4.74 Å². The first-order valence-corrected chi connectivity index (χ1v) is 16.0. The lowest BCUT2D eigenvalue weighted by Crippen LogP contribution is -2.17. The number of hydrogen-bond donors (Lipinski definition) is 0. The molecule has 3 atom stereocenters. The fraction of sp³-hybridized carbons (Fsp3) is 0.676. The van der Waals surface area contributed by atoms with E-state index in [0.717, 1.165) is 70.1 Å². The minimum Gasteiger partial charge on any atom is -0.486 e. The third-order valence-electron chi connectivity index (χ3n) is 8.53. The van der Waals surface area contributed by atoms with Gasteiger partial charge in [-0.1, -0.05) is 71.6 Å². The molecule has 2 heterocycles. The molecule has 1 aliphatic heterocycles. The van der Waals surface area contributed by atoms with Gasteiger partial charge in [-0.3, -0.25) is 0 Å². The van der Waals surface area contributed by atoms with Gasteiger partial charge in [-0.25, -0.2) is 13.8 Å². The number of halogens is 3. The molecule has 0 N–H and O–H groups in total. The smallest absolute Gasteiger partial charge is 0.255 e.